The molecule has 5 heteroatoms. The van der Waals surface area contributed by atoms with E-state index in [1.807, 2.05) is 20.8 Å². The van der Waals surface area contributed by atoms with Crippen molar-refractivity contribution >= 4 is 22.6 Å². The van der Waals surface area contributed by atoms with E-state index in [-0.39, 0.29) is 16.3 Å². The first-order valence-corrected chi connectivity index (χ1v) is 5.32. The standard InChI is InChI=1S/C11H12ClN3O/c1-11(2,3)15-8-4-5-13-6-7(8)14-9(12)10(15)16/h4-6H,1-3H3. The molecular formula is C11H12ClN3O. The smallest absolute Gasteiger partial charge is 0.289 e. The summed E-state index contributed by atoms with van der Waals surface area (Å²) in [6.07, 6.45) is 3.24. The number of hydrogen-bond acceptors (Lipinski definition) is 3. The molecule has 0 saturated carbocycles. The summed E-state index contributed by atoms with van der Waals surface area (Å²) in [6.45, 7) is 5.85. The van der Waals surface area contributed by atoms with Gasteiger partial charge < -0.3 is 0 Å². The van der Waals surface area contributed by atoms with Crippen LogP contribution in [0.5, 0.6) is 0 Å². The Morgan fingerprint density at radius 3 is 2.69 bits per heavy atom. The molecule has 0 aromatic carbocycles. The predicted octanol–water partition coefficient (Wildman–Crippen LogP) is 2.20. The van der Waals surface area contributed by atoms with Crippen molar-refractivity contribution in [2.75, 3.05) is 0 Å². The molecule has 0 spiro atoms. The predicted molar refractivity (Wildman–Crippen MR) is 63.8 cm³/mol. The summed E-state index contributed by atoms with van der Waals surface area (Å²) in [5, 5.41) is -0.0181. The van der Waals surface area contributed by atoms with E-state index in [0.29, 0.717) is 5.52 Å². The van der Waals surface area contributed by atoms with Gasteiger partial charge in [-0.1, -0.05) is 11.6 Å². The molecule has 0 atom stereocenters. The highest BCUT2D eigenvalue weighted by Gasteiger charge is 2.19. The van der Waals surface area contributed by atoms with Crippen molar-refractivity contribution in [3.05, 3.63) is 34.0 Å². The van der Waals surface area contributed by atoms with Crippen LogP contribution in [0.25, 0.3) is 11.0 Å². The second kappa shape index (κ2) is 3.56. The fourth-order valence-corrected chi connectivity index (χ4v) is 1.85. The number of pyridine rings is 1. The van der Waals surface area contributed by atoms with Crippen LogP contribution in [-0.4, -0.2) is 14.5 Å². The summed E-state index contributed by atoms with van der Waals surface area (Å²) in [5.74, 6) is 0. The van der Waals surface area contributed by atoms with Crippen molar-refractivity contribution in [1.82, 2.24) is 14.5 Å². The van der Waals surface area contributed by atoms with E-state index in [1.54, 1.807) is 23.0 Å². The third-order valence-corrected chi connectivity index (χ3v) is 2.53. The number of rotatable bonds is 0. The normalized spacial score (nSPS) is 12.0. The summed E-state index contributed by atoms with van der Waals surface area (Å²) in [4.78, 5) is 20.0. The molecular weight excluding hydrogens is 226 g/mol. The molecule has 0 N–H and O–H groups in total. The van der Waals surface area contributed by atoms with Gasteiger partial charge in [-0.2, -0.15) is 0 Å². The lowest BCUT2D eigenvalue weighted by molar-refractivity contribution is 0.397. The number of fused-ring (bicyclic) bond motifs is 1. The molecule has 2 aromatic heterocycles. The van der Waals surface area contributed by atoms with Gasteiger partial charge in [0.05, 0.1) is 11.7 Å². The van der Waals surface area contributed by atoms with Crippen LogP contribution >= 0.6 is 11.6 Å². The molecule has 0 bridgehead atoms. The van der Waals surface area contributed by atoms with E-state index >= 15 is 0 Å². The molecule has 2 rings (SSSR count). The van der Waals surface area contributed by atoms with E-state index in [1.165, 1.54) is 0 Å². The van der Waals surface area contributed by atoms with Crippen molar-refractivity contribution < 1.29 is 0 Å². The maximum Gasteiger partial charge on any atom is 0.289 e. The van der Waals surface area contributed by atoms with E-state index in [9.17, 15) is 4.79 Å². The van der Waals surface area contributed by atoms with Crippen LogP contribution in [0, 0.1) is 0 Å². The maximum atomic E-state index is 12.0. The fraction of sp³-hybridized carbons (Fsp3) is 0.364. The first-order valence-electron chi connectivity index (χ1n) is 4.94. The summed E-state index contributed by atoms with van der Waals surface area (Å²) in [7, 11) is 0. The summed E-state index contributed by atoms with van der Waals surface area (Å²) >= 11 is 5.83. The monoisotopic (exact) mass is 237 g/mol. The van der Waals surface area contributed by atoms with E-state index < -0.39 is 0 Å². The van der Waals surface area contributed by atoms with Crippen molar-refractivity contribution in [3.63, 3.8) is 0 Å². The number of nitrogens with zero attached hydrogens (tertiary/aromatic N) is 3. The van der Waals surface area contributed by atoms with Crippen LogP contribution in [0.2, 0.25) is 5.15 Å². The summed E-state index contributed by atoms with van der Waals surface area (Å²) < 4.78 is 1.64. The van der Waals surface area contributed by atoms with Crippen LogP contribution in [0.1, 0.15) is 20.8 Å². The average molecular weight is 238 g/mol. The van der Waals surface area contributed by atoms with Crippen molar-refractivity contribution in [3.8, 4) is 0 Å². The van der Waals surface area contributed by atoms with Gasteiger partial charge >= 0.3 is 0 Å². The van der Waals surface area contributed by atoms with E-state index in [4.69, 9.17) is 11.6 Å². The largest absolute Gasteiger partial charge is 0.299 e. The minimum atomic E-state index is -0.344. The van der Waals surface area contributed by atoms with E-state index in [0.717, 1.165) is 5.52 Å². The molecule has 0 fully saturated rings. The quantitative estimate of drug-likeness (QED) is 0.706. The van der Waals surface area contributed by atoms with Crippen molar-refractivity contribution in [1.29, 1.82) is 0 Å². The number of hydrogen-bond donors (Lipinski definition) is 0. The number of halogens is 1. The minimum Gasteiger partial charge on any atom is -0.299 e. The first-order chi connectivity index (χ1) is 7.41. The molecule has 0 radical (unpaired) electrons. The molecule has 2 heterocycles. The van der Waals surface area contributed by atoms with Crippen LogP contribution in [0.3, 0.4) is 0 Å². The van der Waals surface area contributed by atoms with Gasteiger partial charge in [0.25, 0.3) is 5.56 Å². The Labute approximate surface area is 97.9 Å². The highest BCUT2D eigenvalue weighted by molar-refractivity contribution is 6.29. The van der Waals surface area contributed by atoms with Gasteiger partial charge in [-0.05, 0) is 26.8 Å². The Bertz CT molecular complexity index is 598. The number of aromatic nitrogens is 3. The van der Waals surface area contributed by atoms with Crippen molar-refractivity contribution in [2.24, 2.45) is 0 Å². The third-order valence-electron chi connectivity index (χ3n) is 2.29. The Kier molecular flexibility index (Phi) is 2.46. The molecule has 0 unspecified atom stereocenters. The minimum absolute atomic E-state index is 0.0181. The third kappa shape index (κ3) is 1.69. The summed E-state index contributed by atoms with van der Waals surface area (Å²) in [5.41, 5.74) is 0.760. The maximum absolute atomic E-state index is 12.0. The molecule has 4 nitrogen and oxygen atoms in total. The van der Waals surface area contributed by atoms with Gasteiger partial charge in [0.15, 0.2) is 5.15 Å². The van der Waals surface area contributed by atoms with Gasteiger partial charge in [-0.15, -0.1) is 0 Å². The lowest BCUT2D eigenvalue weighted by Gasteiger charge is -2.24. The Balaban J connectivity index is 2.99. The lowest BCUT2D eigenvalue weighted by atomic mass is 10.1. The molecule has 2 aromatic rings. The van der Waals surface area contributed by atoms with Crippen LogP contribution in [0.4, 0.5) is 0 Å². The van der Waals surface area contributed by atoms with E-state index in [2.05, 4.69) is 9.97 Å². The molecule has 0 aliphatic heterocycles. The van der Waals surface area contributed by atoms with Crippen LogP contribution < -0.4 is 5.56 Å². The Hall–Kier alpha value is -1.42. The average Bonchev–Trinajstić information content (AvgIpc) is 2.17. The van der Waals surface area contributed by atoms with Crippen LogP contribution in [-0.2, 0) is 5.54 Å². The zero-order valence-corrected chi connectivity index (χ0v) is 10.1. The molecule has 0 aliphatic carbocycles. The molecule has 0 amide bonds. The zero-order valence-electron chi connectivity index (χ0n) is 9.36. The van der Waals surface area contributed by atoms with Crippen LogP contribution in [0.15, 0.2) is 23.3 Å². The molecule has 0 aliphatic rings. The van der Waals surface area contributed by atoms with Gasteiger partial charge in [0, 0.05) is 11.7 Å². The van der Waals surface area contributed by atoms with Crippen molar-refractivity contribution in [2.45, 2.75) is 26.3 Å². The molecule has 84 valence electrons. The van der Waals surface area contributed by atoms with Gasteiger partial charge in [0.1, 0.15) is 5.52 Å². The molecule has 0 saturated heterocycles. The topological polar surface area (TPSA) is 47.8 Å². The second-order valence-electron chi connectivity index (χ2n) is 4.58. The highest BCUT2D eigenvalue weighted by Crippen LogP contribution is 2.19. The first kappa shape index (κ1) is 11.1. The lowest BCUT2D eigenvalue weighted by Crippen LogP contribution is -2.34. The Morgan fingerprint density at radius 2 is 2.06 bits per heavy atom. The SMILES string of the molecule is CC(C)(C)n1c(=O)c(Cl)nc2cnccc21. The van der Waals surface area contributed by atoms with Gasteiger partial charge in [-0.3, -0.25) is 14.3 Å². The molecule has 16 heavy (non-hydrogen) atoms. The van der Waals surface area contributed by atoms with Gasteiger partial charge in [-0.25, -0.2) is 4.98 Å². The Morgan fingerprint density at radius 1 is 1.38 bits per heavy atom. The zero-order chi connectivity index (χ0) is 11.9. The highest BCUT2D eigenvalue weighted by atomic mass is 35.5. The summed E-state index contributed by atoms with van der Waals surface area (Å²) in [6, 6.07) is 1.77. The van der Waals surface area contributed by atoms with Gasteiger partial charge in [0.2, 0.25) is 0 Å². The second-order valence-corrected chi connectivity index (χ2v) is 4.94. The fourth-order valence-electron chi connectivity index (χ4n) is 1.68.